The number of methoxy groups -OCH3 is 1. The van der Waals surface area contributed by atoms with Crippen LogP contribution in [0.15, 0.2) is 29.2 Å². The summed E-state index contributed by atoms with van der Waals surface area (Å²) in [5, 5.41) is 0. The number of ether oxygens (including phenoxy) is 1. The lowest BCUT2D eigenvalue weighted by Gasteiger charge is -2.09. The van der Waals surface area contributed by atoms with Crippen molar-refractivity contribution in [3.8, 4) is 5.75 Å². The summed E-state index contributed by atoms with van der Waals surface area (Å²) in [5.74, 6) is 0.813. The Labute approximate surface area is 96.7 Å². The number of nitrogens with one attached hydrogen (secondary N) is 1. The highest BCUT2D eigenvalue weighted by atomic mass is 32.2. The van der Waals surface area contributed by atoms with Gasteiger partial charge in [-0.2, -0.15) is 0 Å². The average molecular weight is 243 g/mol. The third-order valence-electron chi connectivity index (χ3n) is 2.03. The summed E-state index contributed by atoms with van der Waals surface area (Å²) in [6.07, 6.45) is 0. The topological polar surface area (TPSA) is 55.4 Å². The zero-order chi connectivity index (χ0) is 12.2. The predicted octanol–water partition coefficient (Wildman–Crippen LogP) is 1.63. The minimum absolute atomic E-state index is 0.229. The largest absolute Gasteiger partial charge is 0.497 e. The lowest BCUT2D eigenvalue weighted by Crippen LogP contribution is -2.27. The van der Waals surface area contributed by atoms with Crippen LogP contribution in [0.1, 0.15) is 13.8 Å². The van der Waals surface area contributed by atoms with Gasteiger partial charge in [0.25, 0.3) is 0 Å². The van der Waals surface area contributed by atoms with Gasteiger partial charge in [0.15, 0.2) is 0 Å². The summed E-state index contributed by atoms with van der Waals surface area (Å²) >= 11 is 0. The van der Waals surface area contributed by atoms with Crippen LogP contribution in [0.2, 0.25) is 0 Å². The van der Waals surface area contributed by atoms with Gasteiger partial charge in [0, 0.05) is 12.6 Å². The first kappa shape index (κ1) is 13.0. The zero-order valence-electron chi connectivity index (χ0n) is 9.73. The average Bonchev–Trinajstić information content (AvgIpc) is 2.27. The maximum Gasteiger partial charge on any atom is 0.240 e. The van der Waals surface area contributed by atoms with Gasteiger partial charge in [-0.05, 0) is 18.1 Å². The first-order valence-corrected chi connectivity index (χ1v) is 6.57. The van der Waals surface area contributed by atoms with E-state index in [1.54, 1.807) is 18.2 Å². The van der Waals surface area contributed by atoms with E-state index >= 15 is 0 Å². The van der Waals surface area contributed by atoms with Crippen molar-refractivity contribution in [2.24, 2.45) is 5.92 Å². The number of hydrogen-bond donors (Lipinski definition) is 1. The summed E-state index contributed by atoms with van der Waals surface area (Å²) in [5.41, 5.74) is 0. The summed E-state index contributed by atoms with van der Waals surface area (Å²) < 4.78 is 31.2. The second kappa shape index (κ2) is 5.32. The summed E-state index contributed by atoms with van der Waals surface area (Å²) in [6.45, 7) is 4.34. The molecule has 1 aromatic rings. The Morgan fingerprint density at radius 2 is 2.06 bits per heavy atom. The Morgan fingerprint density at radius 1 is 1.38 bits per heavy atom. The van der Waals surface area contributed by atoms with Crippen LogP contribution in [-0.4, -0.2) is 22.1 Å². The highest BCUT2D eigenvalue weighted by Crippen LogP contribution is 2.16. The van der Waals surface area contributed by atoms with Crippen molar-refractivity contribution in [1.82, 2.24) is 4.72 Å². The molecule has 0 heterocycles. The van der Waals surface area contributed by atoms with E-state index in [9.17, 15) is 8.42 Å². The van der Waals surface area contributed by atoms with Crippen LogP contribution < -0.4 is 9.46 Å². The molecule has 0 unspecified atom stereocenters. The van der Waals surface area contributed by atoms with Crippen molar-refractivity contribution in [3.05, 3.63) is 24.3 Å². The molecule has 0 aliphatic carbocycles. The Balaban J connectivity index is 2.89. The van der Waals surface area contributed by atoms with Crippen molar-refractivity contribution in [1.29, 1.82) is 0 Å². The standard InChI is InChI=1S/C11H17NO3S/c1-9(2)8-12-16(13,14)11-6-4-5-10(7-11)15-3/h4-7,9,12H,8H2,1-3H3. The van der Waals surface area contributed by atoms with Crippen LogP contribution in [0.25, 0.3) is 0 Å². The van der Waals surface area contributed by atoms with Crippen LogP contribution >= 0.6 is 0 Å². The van der Waals surface area contributed by atoms with Crippen molar-refractivity contribution in [2.45, 2.75) is 18.7 Å². The normalized spacial score (nSPS) is 11.8. The van der Waals surface area contributed by atoms with Crippen LogP contribution in [-0.2, 0) is 10.0 Å². The zero-order valence-corrected chi connectivity index (χ0v) is 10.5. The van der Waals surface area contributed by atoms with Gasteiger partial charge in [-0.1, -0.05) is 19.9 Å². The molecule has 0 aliphatic rings. The number of benzene rings is 1. The first-order chi connectivity index (χ1) is 7.45. The summed E-state index contributed by atoms with van der Waals surface area (Å²) in [4.78, 5) is 0.229. The molecular weight excluding hydrogens is 226 g/mol. The fourth-order valence-electron chi connectivity index (χ4n) is 1.13. The van der Waals surface area contributed by atoms with Gasteiger partial charge >= 0.3 is 0 Å². The molecule has 0 saturated carbocycles. The molecule has 0 bridgehead atoms. The molecule has 0 amide bonds. The van der Waals surface area contributed by atoms with Gasteiger partial charge < -0.3 is 4.74 Å². The molecule has 0 spiro atoms. The van der Waals surface area contributed by atoms with E-state index in [2.05, 4.69) is 4.72 Å². The molecule has 0 fully saturated rings. The molecule has 0 atom stereocenters. The summed E-state index contributed by atoms with van der Waals surface area (Å²) in [6, 6.07) is 6.41. The molecule has 0 saturated heterocycles. The maximum atomic E-state index is 11.8. The van der Waals surface area contributed by atoms with Crippen LogP contribution in [0.4, 0.5) is 0 Å². The number of hydrogen-bond acceptors (Lipinski definition) is 3. The Hall–Kier alpha value is -1.07. The van der Waals surface area contributed by atoms with E-state index in [-0.39, 0.29) is 10.8 Å². The molecule has 0 aromatic heterocycles. The van der Waals surface area contributed by atoms with E-state index in [0.717, 1.165) is 0 Å². The number of rotatable bonds is 5. The third kappa shape index (κ3) is 3.50. The third-order valence-corrected chi connectivity index (χ3v) is 3.45. The molecule has 0 aliphatic heterocycles. The quantitative estimate of drug-likeness (QED) is 0.855. The molecule has 1 aromatic carbocycles. The van der Waals surface area contributed by atoms with Crippen molar-refractivity contribution in [3.63, 3.8) is 0 Å². The number of sulfonamides is 1. The van der Waals surface area contributed by atoms with Gasteiger partial charge in [-0.3, -0.25) is 0 Å². The van der Waals surface area contributed by atoms with E-state index in [1.807, 2.05) is 13.8 Å². The van der Waals surface area contributed by atoms with Crippen LogP contribution in [0.3, 0.4) is 0 Å². The van der Waals surface area contributed by atoms with Gasteiger partial charge in [-0.25, -0.2) is 13.1 Å². The van der Waals surface area contributed by atoms with Crippen molar-refractivity contribution >= 4 is 10.0 Å². The lowest BCUT2D eigenvalue weighted by molar-refractivity contribution is 0.413. The van der Waals surface area contributed by atoms with Gasteiger partial charge in [-0.15, -0.1) is 0 Å². The van der Waals surface area contributed by atoms with E-state index in [1.165, 1.54) is 13.2 Å². The van der Waals surface area contributed by atoms with Crippen LogP contribution in [0.5, 0.6) is 5.75 Å². The Morgan fingerprint density at radius 3 is 2.62 bits per heavy atom. The fourth-order valence-corrected chi connectivity index (χ4v) is 2.38. The second-order valence-electron chi connectivity index (χ2n) is 3.92. The minimum atomic E-state index is -3.42. The van der Waals surface area contributed by atoms with Gasteiger partial charge in [0.2, 0.25) is 10.0 Å². The molecule has 0 radical (unpaired) electrons. The minimum Gasteiger partial charge on any atom is -0.497 e. The van der Waals surface area contributed by atoms with E-state index < -0.39 is 10.0 Å². The predicted molar refractivity (Wildman–Crippen MR) is 63.0 cm³/mol. The molecule has 90 valence electrons. The molecule has 16 heavy (non-hydrogen) atoms. The highest BCUT2D eigenvalue weighted by Gasteiger charge is 2.14. The smallest absolute Gasteiger partial charge is 0.240 e. The fraction of sp³-hybridized carbons (Fsp3) is 0.455. The summed E-state index contributed by atoms with van der Waals surface area (Å²) in [7, 11) is -1.91. The van der Waals surface area contributed by atoms with E-state index in [4.69, 9.17) is 4.74 Å². The highest BCUT2D eigenvalue weighted by molar-refractivity contribution is 7.89. The van der Waals surface area contributed by atoms with Crippen molar-refractivity contribution < 1.29 is 13.2 Å². The SMILES string of the molecule is COc1cccc(S(=O)(=O)NCC(C)C)c1. The monoisotopic (exact) mass is 243 g/mol. The lowest BCUT2D eigenvalue weighted by atomic mass is 10.2. The molecular formula is C11H17NO3S. The Bertz CT molecular complexity index is 440. The maximum absolute atomic E-state index is 11.8. The second-order valence-corrected chi connectivity index (χ2v) is 5.69. The molecule has 4 nitrogen and oxygen atoms in total. The Kier molecular flexibility index (Phi) is 4.32. The molecule has 1 N–H and O–H groups in total. The molecule has 1 rings (SSSR count). The molecule has 5 heteroatoms. The first-order valence-electron chi connectivity index (χ1n) is 5.09. The van der Waals surface area contributed by atoms with Gasteiger partial charge in [0.1, 0.15) is 5.75 Å². The van der Waals surface area contributed by atoms with Crippen LogP contribution in [0, 0.1) is 5.92 Å². The van der Waals surface area contributed by atoms with Gasteiger partial charge in [0.05, 0.1) is 12.0 Å². The van der Waals surface area contributed by atoms with Crippen molar-refractivity contribution in [2.75, 3.05) is 13.7 Å². The van der Waals surface area contributed by atoms with E-state index in [0.29, 0.717) is 12.3 Å².